The van der Waals surface area contributed by atoms with Crippen LogP contribution in [0.25, 0.3) is 0 Å². The Morgan fingerprint density at radius 2 is 2.05 bits per heavy atom. The number of ether oxygens (including phenoxy) is 1. The maximum atomic E-state index is 11.8. The highest BCUT2D eigenvalue weighted by Gasteiger charge is 2.05. The summed E-state index contributed by atoms with van der Waals surface area (Å²) >= 11 is 0. The topological polar surface area (TPSA) is 62.1 Å². The monoisotopic (exact) mass is 266 g/mol. The number of carbonyl (C=O) groups excluding carboxylic acids is 1. The van der Waals surface area contributed by atoms with Crippen molar-refractivity contribution in [2.45, 2.75) is 6.92 Å². The Kier molecular flexibility index (Phi) is 4.35. The summed E-state index contributed by atoms with van der Waals surface area (Å²) in [7, 11) is 0. The Hall–Kier alpha value is -2.80. The van der Waals surface area contributed by atoms with Crippen molar-refractivity contribution in [2.24, 2.45) is 0 Å². The van der Waals surface area contributed by atoms with Gasteiger partial charge in [0.05, 0.1) is 11.6 Å². The quantitative estimate of drug-likeness (QED) is 0.925. The summed E-state index contributed by atoms with van der Waals surface area (Å²) in [6.07, 6.45) is 0. The molecule has 20 heavy (non-hydrogen) atoms. The molecule has 2 aromatic carbocycles. The molecule has 1 N–H and O–H groups in total. The van der Waals surface area contributed by atoms with E-state index in [4.69, 9.17) is 10.00 Å². The number of nitrogens with one attached hydrogen (secondary N) is 1. The first kappa shape index (κ1) is 13.6. The summed E-state index contributed by atoms with van der Waals surface area (Å²) < 4.78 is 5.45. The van der Waals surface area contributed by atoms with Crippen LogP contribution in [-0.2, 0) is 4.79 Å². The first-order valence-corrected chi connectivity index (χ1v) is 6.17. The number of nitrogens with zero attached hydrogens (tertiary/aromatic N) is 1. The minimum Gasteiger partial charge on any atom is -0.483 e. The number of aryl methyl sites for hydroxylation is 1. The van der Waals surface area contributed by atoms with E-state index in [0.29, 0.717) is 17.0 Å². The number of benzene rings is 2. The number of anilines is 1. The summed E-state index contributed by atoms with van der Waals surface area (Å²) in [5, 5.41) is 11.5. The minimum atomic E-state index is -0.261. The molecule has 4 nitrogen and oxygen atoms in total. The van der Waals surface area contributed by atoms with Gasteiger partial charge < -0.3 is 10.1 Å². The molecule has 0 saturated carbocycles. The smallest absolute Gasteiger partial charge is 0.262 e. The van der Waals surface area contributed by atoms with Gasteiger partial charge in [-0.15, -0.1) is 0 Å². The molecular weight excluding hydrogens is 252 g/mol. The van der Waals surface area contributed by atoms with Gasteiger partial charge in [-0.25, -0.2) is 0 Å². The van der Waals surface area contributed by atoms with Crippen LogP contribution in [0.2, 0.25) is 0 Å². The van der Waals surface area contributed by atoms with Gasteiger partial charge in [-0.05, 0) is 36.8 Å². The van der Waals surface area contributed by atoms with Crippen LogP contribution in [0.4, 0.5) is 5.69 Å². The highest BCUT2D eigenvalue weighted by atomic mass is 16.5. The molecule has 2 rings (SSSR count). The third-order valence-corrected chi connectivity index (χ3v) is 2.73. The van der Waals surface area contributed by atoms with Crippen LogP contribution in [0.1, 0.15) is 11.1 Å². The number of hydrogen-bond donors (Lipinski definition) is 1. The Morgan fingerprint density at radius 3 is 2.80 bits per heavy atom. The average molecular weight is 266 g/mol. The first-order chi connectivity index (χ1) is 9.69. The molecular formula is C16H14N2O2. The molecule has 0 aliphatic rings. The van der Waals surface area contributed by atoms with Gasteiger partial charge in [0.15, 0.2) is 6.61 Å². The molecule has 0 aliphatic carbocycles. The van der Waals surface area contributed by atoms with Gasteiger partial charge >= 0.3 is 0 Å². The van der Waals surface area contributed by atoms with E-state index >= 15 is 0 Å². The van der Waals surface area contributed by atoms with Crippen molar-refractivity contribution in [3.8, 4) is 11.8 Å². The van der Waals surface area contributed by atoms with Crippen LogP contribution < -0.4 is 10.1 Å². The van der Waals surface area contributed by atoms with E-state index in [-0.39, 0.29) is 12.5 Å². The average Bonchev–Trinajstić information content (AvgIpc) is 2.46. The molecule has 0 fully saturated rings. The second-order valence-corrected chi connectivity index (χ2v) is 4.29. The van der Waals surface area contributed by atoms with Crippen LogP contribution >= 0.6 is 0 Å². The summed E-state index contributed by atoms with van der Waals surface area (Å²) in [5.74, 6) is 0.428. The van der Waals surface area contributed by atoms with Gasteiger partial charge in [0.1, 0.15) is 5.75 Å². The molecule has 0 spiro atoms. The van der Waals surface area contributed by atoms with E-state index < -0.39 is 0 Å². The molecule has 0 bridgehead atoms. The van der Waals surface area contributed by atoms with Crippen molar-refractivity contribution >= 4 is 11.6 Å². The van der Waals surface area contributed by atoms with Gasteiger partial charge in [0.2, 0.25) is 0 Å². The van der Waals surface area contributed by atoms with E-state index in [0.717, 1.165) is 5.56 Å². The van der Waals surface area contributed by atoms with Crippen molar-refractivity contribution in [3.05, 3.63) is 59.7 Å². The Morgan fingerprint density at radius 1 is 1.25 bits per heavy atom. The van der Waals surface area contributed by atoms with Crippen LogP contribution in [0.3, 0.4) is 0 Å². The lowest BCUT2D eigenvalue weighted by atomic mass is 10.2. The second kappa shape index (κ2) is 6.39. The normalized spacial score (nSPS) is 9.60. The van der Waals surface area contributed by atoms with Gasteiger partial charge in [-0.2, -0.15) is 5.26 Å². The number of amides is 1. The molecule has 4 heteroatoms. The van der Waals surface area contributed by atoms with Crippen LogP contribution in [-0.4, -0.2) is 12.5 Å². The molecule has 0 aliphatic heterocycles. The van der Waals surface area contributed by atoms with Crippen LogP contribution in [0, 0.1) is 18.3 Å². The highest BCUT2D eigenvalue weighted by Crippen LogP contribution is 2.16. The molecule has 2 aromatic rings. The fourth-order valence-electron chi connectivity index (χ4n) is 1.73. The second-order valence-electron chi connectivity index (χ2n) is 4.29. The van der Waals surface area contributed by atoms with E-state index in [2.05, 4.69) is 5.32 Å². The van der Waals surface area contributed by atoms with Gasteiger partial charge in [0.25, 0.3) is 5.91 Å². The summed E-state index contributed by atoms with van der Waals surface area (Å²) in [6.45, 7) is 1.85. The Balaban J connectivity index is 1.93. The van der Waals surface area contributed by atoms with Crippen molar-refractivity contribution in [1.29, 1.82) is 5.26 Å². The van der Waals surface area contributed by atoms with Crippen molar-refractivity contribution < 1.29 is 9.53 Å². The summed E-state index contributed by atoms with van der Waals surface area (Å²) in [4.78, 5) is 11.8. The maximum absolute atomic E-state index is 11.8. The lowest BCUT2D eigenvalue weighted by molar-refractivity contribution is -0.118. The van der Waals surface area contributed by atoms with E-state index in [9.17, 15) is 4.79 Å². The van der Waals surface area contributed by atoms with E-state index in [1.165, 1.54) is 0 Å². The van der Waals surface area contributed by atoms with Gasteiger partial charge in [0, 0.05) is 5.69 Å². The fourth-order valence-corrected chi connectivity index (χ4v) is 1.73. The minimum absolute atomic E-state index is 0.0678. The molecule has 0 atom stereocenters. The SMILES string of the molecule is Cc1ccccc1OCC(=O)Nc1cccc(C#N)c1. The zero-order valence-corrected chi connectivity index (χ0v) is 11.1. The van der Waals surface area contributed by atoms with Crippen molar-refractivity contribution in [2.75, 3.05) is 11.9 Å². The van der Waals surface area contributed by atoms with Crippen LogP contribution in [0.5, 0.6) is 5.75 Å². The standard InChI is InChI=1S/C16H14N2O2/c1-12-5-2-3-8-15(12)20-11-16(19)18-14-7-4-6-13(9-14)10-17/h2-9H,11H2,1H3,(H,18,19). The lowest BCUT2D eigenvalue weighted by Gasteiger charge is -2.09. The van der Waals surface area contributed by atoms with E-state index in [1.54, 1.807) is 24.3 Å². The van der Waals surface area contributed by atoms with Gasteiger partial charge in [-0.3, -0.25) is 4.79 Å². The summed E-state index contributed by atoms with van der Waals surface area (Å²) in [6, 6.07) is 16.3. The molecule has 0 radical (unpaired) electrons. The fraction of sp³-hybridized carbons (Fsp3) is 0.125. The zero-order valence-electron chi connectivity index (χ0n) is 11.1. The molecule has 0 heterocycles. The lowest BCUT2D eigenvalue weighted by Crippen LogP contribution is -2.20. The van der Waals surface area contributed by atoms with Crippen molar-refractivity contribution in [1.82, 2.24) is 0 Å². The Labute approximate surface area is 117 Å². The molecule has 0 aromatic heterocycles. The molecule has 0 saturated heterocycles. The van der Waals surface area contributed by atoms with Crippen LogP contribution in [0.15, 0.2) is 48.5 Å². The Bertz CT molecular complexity index is 660. The number of nitriles is 1. The third kappa shape index (κ3) is 3.59. The van der Waals surface area contributed by atoms with Gasteiger partial charge in [-0.1, -0.05) is 24.3 Å². The van der Waals surface area contributed by atoms with Crippen molar-refractivity contribution in [3.63, 3.8) is 0 Å². The third-order valence-electron chi connectivity index (χ3n) is 2.73. The highest BCUT2D eigenvalue weighted by molar-refractivity contribution is 5.92. The molecule has 0 unspecified atom stereocenters. The first-order valence-electron chi connectivity index (χ1n) is 6.17. The predicted molar refractivity (Wildman–Crippen MR) is 76.5 cm³/mol. The molecule has 100 valence electrons. The number of hydrogen-bond acceptors (Lipinski definition) is 3. The maximum Gasteiger partial charge on any atom is 0.262 e. The zero-order chi connectivity index (χ0) is 14.4. The summed E-state index contributed by atoms with van der Waals surface area (Å²) in [5.41, 5.74) is 2.07. The van der Waals surface area contributed by atoms with E-state index in [1.807, 2.05) is 37.3 Å². The molecule has 1 amide bonds. The number of rotatable bonds is 4. The number of para-hydroxylation sites is 1. The largest absolute Gasteiger partial charge is 0.483 e. The predicted octanol–water partition coefficient (Wildman–Crippen LogP) is 2.88. The number of carbonyl (C=O) groups is 1.